The van der Waals surface area contributed by atoms with Crippen molar-refractivity contribution in [3.05, 3.63) is 52.6 Å². The summed E-state index contributed by atoms with van der Waals surface area (Å²) in [5.41, 5.74) is 1.42. The van der Waals surface area contributed by atoms with Crippen LogP contribution in [0.4, 0.5) is 10.3 Å². The van der Waals surface area contributed by atoms with E-state index in [2.05, 4.69) is 15.3 Å². The first kappa shape index (κ1) is 12.8. The molecule has 2 rings (SSSR count). The monoisotopic (exact) mass is 265 g/mol. The summed E-state index contributed by atoms with van der Waals surface area (Å²) in [7, 11) is 0. The van der Waals surface area contributed by atoms with Gasteiger partial charge in [-0.3, -0.25) is 0 Å². The number of anilines is 1. The molecule has 2 aromatic rings. The van der Waals surface area contributed by atoms with Gasteiger partial charge in [0, 0.05) is 17.8 Å². The van der Waals surface area contributed by atoms with Crippen LogP contribution in [0.15, 0.2) is 30.3 Å². The average molecular weight is 266 g/mol. The van der Waals surface area contributed by atoms with Crippen LogP contribution in [0.3, 0.4) is 0 Å². The Labute approximate surface area is 110 Å². The maximum absolute atomic E-state index is 13.4. The lowest BCUT2D eigenvalue weighted by atomic mass is 10.2. The van der Waals surface area contributed by atoms with Crippen LogP contribution >= 0.6 is 11.6 Å². The Hall–Kier alpha value is -1.68. The van der Waals surface area contributed by atoms with Crippen LogP contribution < -0.4 is 5.32 Å². The average Bonchev–Trinajstić information content (AvgIpc) is 2.37. The molecule has 0 radical (unpaired) electrons. The number of nitrogens with zero attached hydrogens (tertiary/aromatic N) is 2. The Morgan fingerprint density at radius 3 is 2.78 bits per heavy atom. The molecule has 5 heteroatoms. The fourth-order valence-electron chi connectivity index (χ4n) is 1.54. The van der Waals surface area contributed by atoms with E-state index in [1.165, 1.54) is 6.07 Å². The van der Waals surface area contributed by atoms with Crippen molar-refractivity contribution in [1.29, 1.82) is 0 Å². The lowest BCUT2D eigenvalue weighted by Crippen LogP contribution is -2.06. The predicted molar refractivity (Wildman–Crippen MR) is 70.1 cm³/mol. The lowest BCUT2D eigenvalue weighted by Gasteiger charge is -2.07. The molecule has 1 aromatic carbocycles. The van der Waals surface area contributed by atoms with Gasteiger partial charge in [0.2, 0.25) is 5.95 Å². The van der Waals surface area contributed by atoms with Crippen LogP contribution in [0, 0.1) is 5.82 Å². The minimum atomic E-state index is -0.247. The van der Waals surface area contributed by atoms with Gasteiger partial charge < -0.3 is 5.32 Å². The maximum Gasteiger partial charge on any atom is 0.224 e. The van der Waals surface area contributed by atoms with Gasteiger partial charge in [0.25, 0.3) is 0 Å². The fourth-order valence-corrected chi connectivity index (χ4v) is 1.75. The summed E-state index contributed by atoms with van der Waals surface area (Å²) in [5, 5.41) is 3.36. The number of benzene rings is 1. The van der Waals surface area contributed by atoms with E-state index in [0.717, 1.165) is 12.1 Å². The minimum Gasteiger partial charge on any atom is -0.350 e. The molecule has 1 N–H and O–H groups in total. The van der Waals surface area contributed by atoms with Crippen LogP contribution in [0.1, 0.15) is 18.2 Å². The molecule has 0 saturated heterocycles. The van der Waals surface area contributed by atoms with Crippen molar-refractivity contribution >= 4 is 17.5 Å². The minimum absolute atomic E-state index is 0.247. The second kappa shape index (κ2) is 5.78. The van der Waals surface area contributed by atoms with Crippen LogP contribution in [0.2, 0.25) is 5.15 Å². The number of aromatic nitrogens is 2. The van der Waals surface area contributed by atoms with E-state index in [1.54, 1.807) is 24.3 Å². The molecule has 0 fully saturated rings. The summed E-state index contributed by atoms with van der Waals surface area (Å²) in [5.74, 6) is 0.172. The van der Waals surface area contributed by atoms with Gasteiger partial charge in [-0.1, -0.05) is 36.7 Å². The van der Waals surface area contributed by atoms with Gasteiger partial charge in [0.05, 0.1) is 0 Å². The summed E-state index contributed by atoms with van der Waals surface area (Å²) >= 11 is 5.88. The Morgan fingerprint density at radius 1 is 1.28 bits per heavy atom. The quantitative estimate of drug-likeness (QED) is 0.861. The van der Waals surface area contributed by atoms with Gasteiger partial charge in [0.15, 0.2) is 0 Å². The summed E-state index contributed by atoms with van der Waals surface area (Å²) in [6, 6.07) is 8.30. The van der Waals surface area contributed by atoms with Gasteiger partial charge in [-0.05, 0) is 18.6 Å². The molecule has 0 amide bonds. The van der Waals surface area contributed by atoms with Gasteiger partial charge >= 0.3 is 0 Å². The van der Waals surface area contributed by atoms with Crippen molar-refractivity contribution in [3.63, 3.8) is 0 Å². The van der Waals surface area contributed by atoms with E-state index >= 15 is 0 Å². The van der Waals surface area contributed by atoms with Crippen molar-refractivity contribution in [1.82, 2.24) is 9.97 Å². The number of halogens is 2. The highest BCUT2D eigenvalue weighted by Gasteiger charge is 2.04. The fraction of sp³-hybridized carbons (Fsp3) is 0.231. The topological polar surface area (TPSA) is 37.8 Å². The molecule has 1 heterocycles. The molecule has 0 saturated carbocycles. The second-order valence-corrected chi connectivity index (χ2v) is 4.19. The van der Waals surface area contributed by atoms with Gasteiger partial charge in [-0.15, -0.1) is 0 Å². The number of nitrogens with one attached hydrogen (secondary N) is 1. The smallest absolute Gasteiger partial charge is 0.224 e. The van der Waals surface area contributed by atoms with Crippen molar-refractivity contribution in [2.75, 3.05) is 5.32 Å². The molecule has 94 valence electrons. The molecule has 1 aromatic heterocycles. The first-order valence-corrected chi connectivity index (χ1v) is 6.07. The molecule has 0 unspecified atom stereocenters. The molecule has 0 aliphatic heterocycles. The van der Waals surface area contributed by atoms with Gasteiger partial charge in [0.1, 0.15) is 11.0 Å². The van der Waals surface area contributed by atoms with Crippen molar-refractivity contribution < 1.29 is 4.39 Å². The zero-order chi connectivity index (χ0) is 13.0. The van der Waals surface area contributed by atoms with Gasteiger partial charge in [-0.25, -0.2) is 14.4 Å². The van der Waals surface area contributed by atoms with E-state index in [9.17, 15) is 4.39 Å². The first-order valence-electron chi connectivity index (χ1n) is 5.69. The molecule has 0 atom stereocenters. The third-order valence-corrected chi connectivity index (χ3v) is 2.70. The van der Waals surface area contributed by atoms with Crippen LogP contribution in [-0.2, 0) is 13.0 Å². The Kier molecular flexibility index (Phi) is 4.10. The van der Waals surface area contributed by atoms with Crippen molar-refractivity contribution in [3.8, 4) is 0 Å². The van der Waals surface area contributed by atoms with E-state index in [4.69, 9.17) is 11.6 Å². The molecular formula is C13H13ClFN3. The van der Waals surface area contributed by atoms with Crippen molar-refractivity contribution in [2.45, 2.75) is 19.9 Å². The van der Waals surface area contributed by atoms with Crippen LogP contribution in [0.25, 0.3) is 0 Å². The maximum atomic E-state index is 13.4. The number of hydrogen-bond donors (Lipinski definition) is 1. The molecule has 0 aliphatic rings. The molecular weight excluding hydrogens is 253 g/mol. The molecule has 0 spiro atoms. The highest BCUT2D eigenvalue weighted by atomic mass is 35.5. The largest absolute Gasteiger partial charge is 0.350 e. The van der Waals surface area contributed by atoms with Crippen LogP contribution in [-0.4, -0.2) is 9.97 Å². The summed E-state index contributed by atoms with van der Waals surface area (Å²) in [4.78, 5) is 8.31. The van der Waals surface area contributed by atoms with E-state index < -0.39 is 0 Å². The Morgan fingerprint density at radius 2 is 2.06 bits per heavy atom. The van der Waals surface area contributed by atoms with E-state index in [-0.39, 0.29) is 5.82 Å². The van der Waals surface area contributed by atoms with Crippen LogP contribution in [0.5, 0.6) is 0 Å². The third kappa shape index (κ3) is 3.17. The molecule has 0 aliphatic carbocycles. The summed E-state index contributed by atoms with van der Waals surface area (Å²) in [6.07, 6.45) is 0.774. The highest BCUT2D eigenvalue weighted by molar-refractivity contribution is 6.29. The van der Waals surface area contributed by atoms with Crippen molar-refractivity contribution in [2.24, 2.45) is 0 Å². The SMILES string of the molecule is CCc1cc(Cl)nc(NCc2ccccc2F)n1. The second-order valence-electron chi connectivity index (χ2n) is 3.80. The Bertz CT molecular complexity index is 546. The molecule has 18 heavy (non-hydrogen) atoms. The zero-order valence-corrected chi connectivity index (χ0v) is 10.7. The molecule has 3 nitrogen and oxygen atoms in total. The standard InChI is InChI=1S/C13H13ClFN3/c1-2-10-7-12(14)18-13(17-10)16-8-9-5-3-4-6-11(9)15/h3-7H,2,8H2,1H3,(H,16,17,18). The molecule has 0 bridgehead atoms. The van der Waals surface area contributed by atoms with E-state index in [0.29, 0.717) is 23.2 Å². The number of rotatable bonds is 4. The summed E-state index contributed by atoms with van der Waals surface area (Å²) < 4.78 is 13.4. The lowest BCUT2D eigenvalue weighted by molar-refractivity contribution is 0.612. The van der Waals surface area contributed by atoms with Gasteiger partial charge in [-0.2, -0.15) is 0 Å². The zero-order valence-electron chi connectivity index (χ0n) is 9.95. The highest BCUT2D eigenvalue weighted by Crippen LogP contribution is 2.13. The first-order chi connectivity index (χ1) is 8.69. The summed E-state index contributed by atoms with van der Waals surface area (Å²) in [6.45, 7) is 2.31. The number of hydrogen-bond acceptors (Lipinski definition) is 3. The predicted octanol–water partition coefficient (Wildman–Crippen LogP) is 3.44. The van der Waals surface area contributed by atoms with E-state index in [1.807, 2.05) is 6.92 Å². The number of aryl methyl sites for hydroxylation is 1. The third-order valence-electron chi connectivity index (χ3n) is 2.50. The normalized spacial score (nSPS) is 10.4. The Balaban J connectivity index is 2.11.